The number of nitrogens with one attached hydrogen (secondary N) is 1. The standard InChI is InChI=1S/C23H24N8O2/c1-33-18-9-5-4-8-16(18)23(32)25-12-14-10-11-17(29-28-14)20-19-21(24)26-13-27-22(19)31(30-20)15-6-2-3-7-15/h4-5,8-11,13,15H,2-3,6-7,12H2,1H3,(H,25,32)(H2,24,26,27). The van der Waals surface area contributed by atoms with Gasteiger partial charge in [-0.3, -0.25) is 4.79 Å². The van der Waals surface area contributed by atoms with E-state index in [0.717, 1.165) is 18.5 Å². The fourth-order valence-corrected chi connectivity index (χ4v) is 4.26. The van der Waals surface area contributed by atoms with Crippen LogP contribution in [0.15, 0.2) is 42.7 Å². The van der Waals surface area contributed by atoms with E-state index in [9.17, 15) is 4.79 Å². The van der Waals surface area contributed by atoms with Crippen LogP contribution in [-0.2, 0) is 6.54 Å². The molecule has 10 heteroatoms. The minimum Gasteiger partial charge on any atom is -0.496 e. The van der Waals surface area contributed by atoms with E-state index < -0.39 is 0 Å². The fourth-order valence-electron chi connectivity index (χ4n) is 4.26. The van der Waals surface area contributed by atoms with E-state index in [1.807, 2.05) is 22.9 Å². The van der Waals surface area contributed by atoms with Crippen molar-refractivity contribution in [3.05, 3.63) is 54.0 Å². The number of para-hydroxylation sites is 1. The first-order valence-electron chi connectivity index (χ1n) is 10.9. The van der Waals surface area contributed by atoms with Crippen molar-refractivity contribution in [2.24, 2.45) is 0 Å². The van der Waals surface area contributed by atoms with Crippen molar-refractivity contribution < 1.29 is 9.53 Å². The van der Waals surface area contributed by atoms with Gasteiger partial charge in [0.1, 0.15) is 29.3 Å². The second-order valence-electron chi connectivity index (χ2n) is 7.98. The van der Waals surface area contributed by atoms with Gasteiger partial charge < -0.3 is 15.8 Å². The molecule has 3 N–H and O–H groups in total. The number of nitrogens with two attached hydrogens (primary N) is 1. The molecular weight excluding hydrogens is 420 g/mol. The molecule has 0 radical (unpaired) electrons. The zero-order valence-corrected chi connectivity index (χ0v) is 18.2. The Bertz CT molecular complexity index is 1300. The van der Waals surface area contributed by atoms with Crippen LogP contribution >= 0.6 is 0 Å². The maximum atomic E-state index is 12.5. The summed E-state index contributed by atoms with van der Waals surface area (Å²) in [5.41, 5.74) is 9.19. The largest absolute Gasteiger partial charge is 0.496 e. The molecule has 0 spiro atoms. The van der Waals surface area contributed by atoms with Crippen LogP contribution in [0.5, 0.6) is 5.75 Å². The van der Waals surface area contributed by atoms with Gasteiger partial charge in [0.05, 0.1) is 36.3 Å². The molecular formula is C23H24N8O2. The molecule has 1 saturated carbocycles. The first kappa shape index (κ1) is 20.8. The molecule has 1 amide bonds. The highest BCUT2D eigenvalue weighted by molar-refractivity contribution is 5.98. The molecule has 0 aliphatic heterocycles. The monoisotopic (exact) mass is 444 g/mol. The second-order valence-corrected chi connectivity index (χ2v) is 7.98. The summed E-state index contributed by atoms with van der Waals surface area (Å²) in [4.78, 5) is 21.1. The minimum absolute atomic E-state index is 0.229. The number of nitrogen functional groups attached to an aromatic ring is 1. The lowest BCUT2D eigenvalue weighted by Gasteiger charge is -2.10. The quantitative estimate of drug-likeness (QED) is 0.464. The predicted molar refractivity (Wildman–Crippen MR) is 122 cm³/mol. The summed E-state index contributed by atoms with van der Waals surface area (Å²) in [6.45, 7) is 0.229. The number of amides is 1. The van der Waals surface area contributed by atoms with Crippen LogP contribution in [0.2, 0.25) is 0 Å². The summed E-state index contributed by atoms with van der Waals surface area (Å²) in [7, 11) is 1.53. The Kier molecular flexibility index (Phi) is 5.55. The Hall–Kier alpha value is -4.08. The number of carbonyl (C=O) groups excluding carboxylic acids is 1. The Balaban J connectivity index is 1.38. The number of rotatable bonds is 6. The van der Waals surface area contributed by atoms with Crippen molar-refractivity contribution >= 4 is 22.8 Å². The molecule has 3 heterocycles. The molecule has 1 aliphatic carbocycles. The van der Waals surface area contributed by atoms with Crippen LogP contribution in [0.25, 0.3) is 22.4 Å². The van der Waals surface area contributed by atoms with Crippen molar-refractivity contribution in [2.45, 2.75) is 38.3 Å². The molecule has 4 aromatic rings. The van der Waals surface area contributed by atoms with Crippen LogP contribution in [-0.4, -0.2) is 43.0 Å². The van der Waals surface area contributed by atoms with Crippen LogP contribution < -0.4 is 15.8 Å². The molecule has 3 aromatic heterocycles. The number of anilines is 1. The highest BCUT2D eigenvalue weighted by Gasteiger charge is 2.25. The third-order valence-electron chi connectivity index (χ3n) is 5.93. The Morgan fingerprint density at radius 1 is 1.15 bits per heavy atom. The number of hydrogen-bond donors (Lipinski definition) is 2. The number of nitrogens with zero attached hydrogens (tertiary/aromatic N) is 6. The van der Waals surface area contributed by atoms with E-state index in [4.69, 9.17) is 15.6 Å². The zero-order valence-electron chi connectivity index (χ0n) is 18.2. The van der Waals surface area contributed by atoms with Gasteiger partial charge in [0.2, 0.25) is 0 Å². The molecule has 10 nitrogen and oxygen atoms in total. The fraction of sp³-hybridized carbons (Fsp3) is 0.304. The molecule has 33 heavy (non-hydrogen) atoms. The van der Waals surface area contributed by atoms with Gasteiger partial charge in [-0.15, -0.1) is 5.10 Å². The van der Waals surface area contributed by atoms with Crippen molar-refractivity contribution in [2.75, 3.05) is 12.8 Å². The number of carbonyl (C=O) groups is 1. The average Bonchev–Trinajstić information content (AvgIpc) is 3.51. The van der Waals surface area contributed by atoms with E-state index in [2.05, 4.69) is 25.5 Å². The molecule has 1 aromatic carbocycles. The first-order valence-corrected chi connectivity index (χ1v) is 10.9. The highest BCUT2D eigenvalue weighted by Crippen LogP contribution is 2.35. The van der Waals surface area contributed by atoms with E-state index in [1.54, 1.807) is 18.2 Å². The molecule has 1 aliphatic rings. The van der Waals surface area contributed by atoms with Gasteiger partial charge in [0.25, 0.3) is 5.91 Å². The molecule has 0 bridgehead atoms. The van der Waals surface area contributed by atoms with Gasteiger partial charge in [0, 0.05) is 0 Å². The zero-order chi connectivity index (χ0) is 22.8. The summed E-state index contributed by atoms with van der Waals surface area (Å²) >= 11 is 0. The second kappa shape index (κ2) is 8.81. The lowest BCUT2D eigenvalue weighted by molar-refractivity contribution is 0.0947. The van der Waals surface area contributed by atoms with Crippen LogP contribution in [0.3, 0.4) is 0 Å². The van der Waals surface area contributed by atoms with E-state index in [0.29, 0.717) is 45.6 Å². The average molecular weight is 444 g/mol. The number of aromatic nitrogens is 6. The molecule has 0 atom stereocenters. The van der Waals surface area contributed by atoms with Crippen LogP contribution in [0, 0.1) is 0 Å². The molecule has 5 rings (SSSR count). The summed E-state index contributed by atoms with van der Waals surface area (Å²) < 4.78 is 7.21. The summed E-state index contributed by atoms with van der Waals surface area (Å²) in [5, 5.41) is 17.0. The number of fused-ring (bicyclic) bond motifs is 1. The lowest BCUT2D eigenvalue weighted by Crippen LogP contribution is -2.24. The van der Waals surface area contributed by atoms with Crippen molar-refractivity contribution in [3.8, 4) is 17.1 Å². The maximum Gasteiger partial charge on any atom is 0.255 e. The predicted octanol–water partition coefficient (Wildman–Crippen LogP) is 2.92. The van der Waals surface area contributed by atoms with Gasteiger partial charge >= 0.3 is 0 Å². The Labute approximate surface area is 190 Å². The SMILES string of the molecule is COc1ccccc1C(=O)NCc1ccc(-c2nn(C3CCCC3)c3ncnc(N)c23)nn1. The third-order valence-corrected chi connectivity index (χ3v) is 5.93. The van der Waals surface area contributed by atoms with Crippen molar-refractivity contribution in [1.82, 2.24) is 35.3 Å². The van der Waals surface area contributed by atoms with Gasteiger partial charge in [-0.05, 0) is 37.1 Å². The number of methoxy groups -OCH3 is 1. The summed E-state index contributed by atoms with van der Waals surface area (Å²) in [6.07, 6.45) is 5.95. The van der Waals surface area contributed by atoms with Gasteiger partial charge in [-0.25, -0.2) is 14.6 Å². The number of benzene rings is 1. The molecule has 168 valence electrons. The smallest absolute Gasteiger partial charge is 0.255 e. The van der Waals surface area contributed by atoms with Gasteiger partial charge in [0.15, 0.2) is 5.65 Å². The molecule has 1 fully saturated rings. The van der Waals surface area contributed by atoms with Crippen molar-refractivity contribution in [3.63, 3.8) is 0 Å². The third kappa shape index (κ3) is 3.95. The summed E-state index contributed by atoms with van der Waals surface area (Å²) in [6, 6.07) is 11.0. The van der Waals surface area contributed by atoms with Gasteiger partial charge in [-0.1, -0.05) is 25.0 Å². The lowest BCUT2D eigenvalue weighted by atomic mass is 10.2. The van der Waals surface area contributed by atoms with Gasteiger partial charge in [-0.2, -0.15) is 10.2 Å². The maximum absolute atomic E-state index is 12.5. The van der Waals surface area contributed by atoms with E-state index >= 15 is 0 Å². The molecule has 0 saturated heterocycles. The van der Waals surface area contributed by atoms with E-state index in [-0.39, 0.29) is 12.5 Å². The first-order chi connectivity index (χ1) is 16.2. The van der Waals surface area contributed by atoms with Crippen LogP contribution in [0.1, 0.15) is 47.8 Å². The number of hydrogen-bond acceptors (Lipinski definition) is 8. The summed E-state index contributed by atoms with van der Waals surface area (Å²) in [5.74, 6) is 0.639. The number of ether oxygens (including phenoxy) is 1. The Morgan fingerprint density at radius 3 is 2.73 bits per heavy atom. The van der Waals surface area contributed by atoms with Crippen LogP contribution in [0.4, 0.5) is 5.82 Å². The minimum atomic E-state index is -0.246. The normalized spacial score (nSPS) is 14.0. The Morgan fingerprint density at radius 2 is 1.97 bits per heavy atom. The molecule has 0 unspecified atom stereocenters. The topological polar surface area (TPSA) is 134 Å². The van der Waals surface area contributed by atoms with Crippen molar-refractivity contribution in [1.29, 1.82) is 0 Å². The highest BCUT2D eigenvalue weighted by atomic mass is 16.5. The van der Waals surface area contributed by atoms with E-state index in [1.165, 1.54) is 26.3 Å².